The predicted molar refractivity (Wildman–Crippen MR) is 192 cm³/mol. The maximum atomic E-state index is 12.3. The van der Waals surface area contributed by atoms with E-state index in [1.165, 1.54) is 10.0 Å². The fourth-order valence-corrected chi connectivity index (χ4v) is 6.52. The Balaban J connectivity index is 0.000000473. The number of nitrogens with two attached hydrogens (primary N) is 1. The zero-order valence-electron chi connectivity index (χ0n) is 25.2. The van der Waals surface area contributed by atoms with E-state index in [2.05, 4.69) is 79.3 Å². The Bertz CT molecular complexity index is 1740. The van der Waals surface area contributed by atoms with Crippen LogP contribution in [0.25, 0.3) is 0 Å². The predicted octanol–water partition coefficient (Wildman–Crippen LogP) is -0.132. The van der Waals surface area contributed by atoms with Gasteiger partial charge in [0, 0.05) is 10.7 Å². The largest absolute Gasteiger partial charge is 0.280 e. The molecule has 0 atom stereocenters. The van der Waals surface area contributed by atoms with Crippen LogP contribution in [-0.4, -0.2) is 136 Å². The van der Waals surface area contributed by atoms with Gasteiger partial charge in [-0.15, -0.1) is 0 Å². The number of hydrogen-bond acceptors (Lipinski definition) is 10. The van der Waals surface area contributed by atoms with Crippen molar-refractivity contribution in [1.29, 1.82) is 0 Å². The molecule has 0 aliphatic carbocycles. The van der Waals surface area contributed by atoms with E-state index in [0.29, 0.717) is 9.08 Å². The Labute approximate surface area is 308 Å². The molecule has 19 heteroatoms. The number of sulfonamides is 1. The van der Waals surface area contributed by atoms with Crippen LogP contribution in [0.3, 0.4) is 0 Å². The third-order valence-corrected chi connectivity index (χ3v) is 10.8. The molecule has 254 valence electrons. The standard InChI is InChI=1S/C18H20N4O3SSe2.C8H10N2Se.C2H2Cl2O3S/c1-21(17(27)14-9-5-3-6-10-14)19-16(23)13-26(24,25)20-22(2)18(28)15-11-7-4-8-12-15;1-10(9)8(11)7-5-3-2-4-6-7;3-2(5)1-8(4,6)7/h3-12,20H,13H2,1-2H3,(H,19,23);2-6H,9H2,1H3;1H2. The Morgan fingerprint density at radius 1 is 0.681 bits per heavy atom. The van der Waals surface area contributed by atoms with Gasteiger partial charge in [-0.05, 0) is 11.6 Å². The van der Waals surface area contributed by atoms with Gasteiger partial charge in [-0.1, -0.05) is 0 Å². The summed E-state index contributed by atoms with van der Waals surface area (Å²) in [5.41, 5.74) is 5.34. The molecule has 0 bridgehead atoms. The Kier molecular flexibility index (Phi) is 19.1. The summed E-state index contributed by atoms with van der Waals surface area (Å²) in [5, 5.41) is 3.37. The van der Waals surface area contributed by atoms with Gasteiger partial charge >= 0.3 is 255 Å². The minimum atomic E-state index is -3.89. The number of amides is 1. The molecule has 0 aromatic heterocycles. The minimum Gasteiger partial charge on any atom is -0.280 e. The van der Waals surface area contributed by atoms with Crippen LogP contribution in [-0.2, 0) is 28.7 Å². The van der Waals surface area contributed by atoms with E-state index in [0.717, 1.165) is 21.2 Å². The number of rotatable bonds is 13. The summed E-state index contributed by atoms with van der Waals surface area (Å²) in [6.07, 6.45) is 0. The number of carbonyl (C=O) groups excluding carboxylic acids is 2. The second-order valence-corrected chi connectivity index (χ2v) is 16.5. The van der Waals surface area contributed by atoms with Crippen LogP contribution in [0, 0.1) is 0 Å². The van der Waals surface area contributed by atoms with Crippen molar-refractivity contribution in [3.63, 3.8) is 0 Å². The van der Waals surface area contributed by atoms with Gasteiger partial charge in [0.25, 0.3) is 0 Å². The maximum Gasteiger partial charge on any atom is 0.241 e. The molecule has 47 heavy (non-hydrogen) atoms. The second-order valence-electron chi connectivity index (χ2n) is 9.17. The number of hydrazine groups is 3. The second kappa shape index (κ2) is 21.0. The Morgan fingerprint density at radius 3 is 1.36 bits per heavy atom. The van der Waals surface area contributed by atoms with Gasteiger partial charge in [0.1, 0.15) is 5.75 Å². The average Bonchev–Trinajstić information content (AvgIpc) is 3.00. The molecule has 1 amide bonds. The molecule has 0 fully saturated rings. The maximum absolute atomic E-state index is 12.3. The molecule has 0 aliphatic rings. The van der Waals surface area contributed by atoms with E-state index >= 15 is 0 Å². The quantitative estimate of drug-likeness (QED) is 0.0913. The van der Waals surface area contributed by atoms with Crippen LogP contribution in [0.1, 0.15) is 16.7 Å². The van der Waals surface area contributed by atoms with Gasteiger partial charge in [0.2, 0.25) is 14.3 Å². The van der Waals surface area contributed by atoms with E-state index < -0.39 is 41.7 Å². The summed E-state index contributed by atoms with van der Waals surface area (Å²) >= 11 is 13.3. The first-order valence-corrected chi connectivity index (χ1v) is 20.0. The molecule has 3 rings (SSSR count). The van der Waals surface area contributed by atoms with Crippen molar-refractivity contribution in [2.75, 3.05) is 32.6 Å². The van der Waals surface area contributed by atoms with E-state index in [9.17, 15) is 26.4 Å². The van der Waals surface area contributed by atoms with Crippen molar-refractivity contribution in [1.82, 2.24) is 25.3 Å². The molecule has 12 nitrogen and oxygen atoms in total. The van der Waals surface area contributed by atoms with Gasteiger partial charge in [-0.3, -0.25) is 4.79 Å². The van der Waals surface area contributed by atoms with E-state index in [1.54, 1.807) is 26.2 Å². The summed E-state index contributed by atoms with van der Waals surface area (Å²) in [6, 6.07) is 28.6. The molecule has 0 radical (unpaired) electrons. The van der Waals surface area contributed by atoms with Crippen LogP contribution in [0.4, 0.5) is 0 Å². The third-order valence-electron chi connectivity index (χ3n) is 5.17. The summed E-state index contributed by atoms with van der Waals surface area (Å²) in [4.78, 5) is 24.3. The monoisotopic (exact) mass is 922 g/mol. The molecule has 0 saturated heterocycles. The molecule has 0 saturated carbocycles. The van der Waals surface area contributed by atoms with Crippen LogP contribution in [0.2, 0.25) is 0 Å². The molecule has 0 spiro atoms. The summed E-state index contributed by atoms with van der Waals surface area (Å²) in [6.45, 7) is 0. The first-order valence-electron chi connectivity index (χ1n) is 13.0. The molecule has 0 aliphatic heterocycles. The number of benzene rings is 3. The number of hydrogen-bond donors (Lipinski definition) is 3. The van der Waals surface area contributed by atoms with Crippen molar-refractivity contribution in [2.24, 2.45) is 5.84 Å². The van der Waals surface area contributed by atoms with Crippen LogP contribution in [0.5, 0.6) is 0 Å². The van der Waals surface area contributed by atoms with Crippen LogP contribution >= 0.6 is 22.3 Å². The van der Waals surface area contributed by atoms with Crippen molar-refractivity contribution in [3.8, 4) is 0 Å². The van der Waals surface area contributed by atoms with Crippen molar-refractivity contribution in [2.45, 2.75) is 0 Å². The minimum absolute atomic E-state index is 0.588. The van der Waals surface area contributed by atoms with Crippen molar-refractivity contribution < 1.29 is 26.4 Å². The number of carbonyl (C=O) groups is 2. The van der Waals surface area contributed by atoms with Gasteiger partial charge in [0.15, 0.2) is 0 Å². The molecule has 0 heterocycles. The molecule has 3 aromatic rings. The first kappa shape index (κ1) is 42.8. The van der Waals surface area contributed by atoms with Gasteiger partial charge in [-0.2, -0.15) is 0 Å². The van der Waals surface area contributed by atoms with E-state index in [-0.39, 0.29) is 0 Å². The SMILES string of the molecule is CN(N)C(=[Se])c1ccccc1.CN(NC(=O)CS(=O)(=O)NN(C)C(=[Se])c1ccccc1)C(=[Se])c1ccccc1.O=C(Cl)CS(=O)(=O)Cl. The number of halogens is 2. The zero-order valence-corrected chi connectivity index (χ0v) is 33.5. The summed E-state index contributed by atoms with van der Waals surface area (Å²) in [5.74, 6) is 3.35. The first-order chi connectivity index (χ1) is 21.8. The van der Waals surface area contributed by atoms with Gasteiger partial charge in [0.05, 0.1) is 0 Å². The molecule has 3 aromatic carbocycles. The fraction of sp³-hybridized carbons (Fsp3) is 0.179. The molecule has 4 N–H and O–H groups in total. The molecular weight excluding hydrogens is 888 g/mol. The van der Waals surface area contributed by atoms with E-state index in [4.69, 9.17) is 5.84 Å². The zero-order chi connectivity index (χ0) is 35.8. The smallest absolute Gasteiger partial charge is 0.241 e. The normalized spacial score (nSPS) is 10.5. The van der Waals surface area contributed by atoms with E-state index in [1.807, 2.05) is 91.0 Å². The Morgan fingerprint density at radius 2 is 1.04 bits per heavy atom. The Hall–Kier alpha value is -2.23. The van der Waals surface area contributed by atoms with Gasteiger partial charge < -0.3 is 0 Å². The van der Waals surface area contributed by atoms with Crippen molar-refractivity contribution in [3.05, 3.63) is 108 Å². The van der Waals surface area contributed by atoms with Crippen LogP contribution < -0.4 is 16.1 Å². The third kappa shape index (κ3) is 18.2. The average molecular weight is 921 g/mol. The van der Waals surface area contributed by atoms with Crippen LogP contribution in [0.15, 0.2) is 91.0 Å². The summed E-state index contributed by atoms with van der Waals surface area (Å²) in [7, 11) is 1.96. The van der Waals surface area contributed by atoms with Crippen molar-refractivity contribution >= 4 is 113 Å². The number of nitrogens with zero attached hydrogens (tertiary/aromatic N) is 3. The summed E-state index contributed by atoms with van der Waals surface area (Å²) < 4.78 is 46.7. The molecular formula is C28H32Cl2N6O6S2Se3. The topological polar surface area (TPSA) is 162 Å². The number of nitrogens with one attached hydrogen (secondary N) is 2. The van der Waals surface area contributed by atoms with Gasteiger partial charge in [-0.25, -0.2) is 8.42 Å². The molecule has 0 unspecified atom stereocenters. The fourth-order valence-electron chi connectivity index (χ4n) is 3.19.